The maximum absolute atomic E-state index is 8.48. The minimum absolute atomic E-state index is 0.250. The minimum atomic E-state index is -0.582. The Hall–Kier alpha value is -1.29. The van der Waals surface area contributed by atoms with Gasteiger partial charge in [0.25, 0.3) is 0 Å². The Morgan fingerprint density at radius 1 is 1.27 bits per heavy atom. The van der Waals surface area contributed by atoms with Crippen molar-refractivity contribution in [1.29, 1.82) is 0 Å². The zero-order valence-corrected chi connectivity index (χ0v) is 13.3. The number of ether oxygens (including phenoxy) is 2. The van der Waals surface area contributed by atoms with E-state index >= 15 is 0 Å². The SMILES string of the molecule is [N-]=[N+]=NCCc1cc2c(cc1C1CCC3C1C3(Cl)Cl)OCO2. The monoisotopic (exact) mass is 339 g/mol. The van der Waals surface area contributed by atoms with Crippen LogP contribution < -0.4 is 9.47 Å². The summed E-state index contributed by atoms with van der Waals surface area (Å²) in [5, 5.41) is 3.64. The van der Waals surface area contributed by atoms with E-state index in [1.54, 1.807) is 0 Å². The summed E-state index contributed by atoms with van der Waals surface area (Å²) in [6.45, 7) is 0.678. The maximum atomic E-state index is 8.48. The summed E-state index contributed by atoms with van der Waals surface area (Å²) in [5.41, 5.74) is 10.8. The van der Waals surface area contributed by atoms with Gasteiger partial charge in [-0.15, -0.1) is 23.2 Å². The Morgan fingerprint density at radius 2 is 2.05 bits per heavy atom. The van der Waals surface area contributed by atoms with Gasteiger partial charge in [0.2, 0.25) is 6.79 Å². The van der Waals surface area contributed by atoms with Gasteiger partial charge in [-0.25, -0.2) is 0 Å². The molecule has 2 fully saturated rings. The summed E-state index contributed by atoms with van der Waals surface area (Å²) in [6, 6.07) is 4.06. The molecule has 0 bridgehead atoms. The molecule has 7 heteroatoms. The first-order valence-corrected chi connectivity index (χ1v) is 8.19. The van der Waals surface area contributed by atoms with Gasteiger partial charge >= 0.3 is 0 Å². The lowest BCUT2D eigenvalue weighted by atomic mass is 9.88. The van der Waals surface area contributed by atoms with Gasteiger partial charge in [-0.05, 0) is 59.9 Å². The van der Waals surface area contributed by atoms with Crippen molar-refractivity contribution < 1.29 is 9.47 Å². The molecule has 3 unspecified atom stereocenters. The van der Waals surface area contributed by atoms with Crippen LogP contribution in [0.25, 0.3) is 10.4 Å². The average molecular weight is 340 g/mol. The molecule has 22 heavy (non-hydrogen) atoms. The van der Waals surface area contributed by atoms with E-state index in [4.69, 9.17) is 38.2 Å². The predicted octanol–water partition coefficient (Wildman–Crippen LogP) is 4.57. The molecule has 2 aliphatic carbocycles. The van der Waals surface area contributed by atoms with Crippen LogP contribution in [0.15, 0.2) is 17.2 Å². The van der Waals surface area contributed by atoms with Crippen molar-refractivity contribution >= 4 is 23.2 Å². The number of halogens is 2. The normalized spacial score (nSPS) is 29.8. The molecule has 3 atom stereocenters. The van der Waals surface area contributed by atoms with Gasteiger partial charge in [0, 0.05) is 17.4 Å². The number of azide groups is 1. The molecule has 3 aliphatic rings. The van der Waals surface area contributed by atoms with E-state index in [1.807, 2.05) is 6.07 Å². The Balaban J connectivity index is 1.69. The van der Waals surface area contributed by atoms with Gasteiger partial charge in [0.1, 0.15) is 4.33 Å². The zero-order valence-electron chi connectivity index (χ0n) is 11.8. The lowest BCUT2D eigenvalue weighted by molar-refractivity contribution is 0.174. The first-order chi connectivity index (χ1) is 10.6. The molecule has 0 spiro atoms. The highest BCUT2D eigenvalue weighted by atomic mass is 35.5. The van der Waals surface area contributed by atoms with E-state index in [0.717, 1.165) is 29.9 Å². The van der Waals surface area contributed by atoms with Crippen LogP contribution in [0.1, 0.15) is 29.9 Å². The zero-order chi connectivity index (χ0) is 15.3. The fraction of sp³-hybridized carbons (Fsp3) is 0.600. The van der Waals surface area contributed by atoms with Gasteiger partial charge < -0.3 is 9.47 Å². The van der Waals surface area contributed by atoms with Crippen LogP contribution in [-0.4, -0.2) is 17.7 Å². The second kappa shape index (κ2) is 5.12. The van der Waals surface area contributed by atoms with Crippen LogP contribution in [0.5, 0.6) is 11.5 Å². The molecule has 116 valence electrons. The van der Waals surface area contributed by atoms with Crippen LogP contribution in [0.3, 0.4) is 0 Å². The van der Waals surface area contributed by atoms with Crippen molar-refractivity contribution in [3.63, 3.8) is 0 Å². The van der Waals surface area contributed by atoms with E-state index < -0.39 is 4.33 Å². The molecule has 1 aromatic rings. The van der Waals surface area contributed by atoms with Gasteiger partial charge in [0.15, 0.2) is 11.5 Å². The molecule has 1 aromatic carbocycles. The number of alkyl halides is 2. The third-order valence-electron chi connectivity index (χ3n) is 5.06. The van der Waals surface area contributed by atoms with Gasteiger partial charge in [-0.3, -0.25) is 0 Å². The van der Waals surface area contributed by atoms with Crippen LogP contribution in [0, 0.1) is 11.8 Å². The Labute approximate surface area is 138 Å². The van der Waals surface area contributed by atoms with Crippen molar-refractivity contribution in [2.45, 2.75) is 29.5 Å². The van der Waals surface area contributed by atoms with Crippen LogP contribution in [0.4, 0.5) is 0 Å². The van der Waals surface area contributed by atoms with E-state index in [0.29, 0.717) is 30.7 Å². The smallest absolute Gasteiger partial charge is 0.231 e. The van der Waals surface area contributed by atoms with E-state index in [2.05, 4.69) is 16.1 Å². The Kier molecular flexibility index (Phi) is 3.33. The summed E-state index contributed by atoms with van der Waals surface area (Å²) in [7, 11) is 0. The maximum Gasteiger partial charge on any atom is 0.231 e. The summed E-state index contributed by atoms with van der Waals surface area (Å²) in [6.07, 6.45) is 2.83. The molecule has 0 saturated heterocycles. The molecular weight excluding hydrogens is 325 g/mol. The molecule has 0 aromatic heterocycles. The Bertz CT molecular complexity index is 673. The number of nitrogens with zero attached hydrogens (tertiary/aromatic N) is 3. The molecule has 0 amide bonds. The largest absolute Gasteiger partial charge is 0.454 e. The highest BCUT2D eigenvalue weighted by molar-refractivity contribution is 6.51. The lowest BCUT2D eigenvalue weighted by Gasteiger charge is -2.20. The number of hydrogen-bond acceptors (Lipinski definition) is 3. The first-order valence-electron chi connectivity index (χ1n) is 7.44. The third kappa shape index (κ3) is 2.11. The van der Waals surface area contributed by atoms with Crippen molar-refractivity contribution in [2.75, 3.05) is 13.3 Å². The standard InChI is InChI=1S/C15H15Cl2N3O2/c16-15(17)11-2-1-9(14(11)15)10-6-13-12(21-7-22-13)5-8(10)3-4-19-20-18/h5-6,9,11,14H,1-4,7H2. The molecule has 2 saturated carbocycles. The number of hydrogen-bond donors (Lipinski definition) is 0. The van der Waals surface area contributed by atoms with Crippen LogP contribution >= 0.6 is 23.2 Å². The van der Waals surface area contributed by atoms with Crippen molar-refractivity contribution in [3.05, 3.63) is 33.7 Å². The second-order valence-electron chi connectivity index (χ2n) is 6.10. The number of benzene rings is 1. The fourth-order valence-corrected chi connectivity index (χ4v) is 4.97. The molecule has 5 nitrogen and oxygen atoms in total. The quantitative estimate of drug-likeness (QED) is 0.349. The summed E-state index contributed by atoms with van der Waals surface area (Å²) < 4.78 is 10.4. The number of fused-ring (bicyclic) bond motifs is 2. The van der Waals surface area contributed by atoms with Crippen LogP contribution in [0.2, 0.25) is 0 Å². The average Bonchev–Trinajstić information content (AvgIpc) is 2.94. The van der Waals surface area contributed by atoms with E-state index in [1.165, 1.54) is 5.56 Å². The highest BCUT2D eigenvalue weighted by Gasteiger charge is 2.68. The summed E-state index contributed by atoms with van der Waals surface area (Å²) in [5.74, 6) is 2.59. The minimum Gasteiger partial charge on any atom is -0.454 e. The highest BCUT2D eigenvalue weighted by Crippen LogP contribution is 2.72. The number of rotatable bonds is 4. The molecular formula is C15H15Cl2N3O2. The molecule has 0 radical (unpaired) electrons. The van der Waals surface area contributed by atoms with Gasteiger partial charge in [-0.1, -0.05) is 5.11 Å². The van der Waals surface area contributed by atoms with E-state index in [9.17, 15) is 0 Å². The molecule has 1 heterocycles. The van der Waals surface area contributed by atoms with Crippen LogP contribution in [-0.2, 0) is 6.42 Å². The topological polar surface area (TPSA) is 67.2 Å². The molecule has 4 rings (SSSR count). The summed E-state index contributed by atoms with van der Waals surface area (Å²) in [4.78, 5) is 2.82. The lowest BCUT2D eigenvalue weighted by Crippen LogP contribution is -2.09. The van der Waals surface area contributed by atoms with Crippen molar-refractivity contribution in [3.8, 4) is 11.5 Å². The van der Waals surface area contributed by atoms with Gasteiger partial charge in [0.05, 0.1) is 0 Å². The third-order valence-corrected chi connectivity index (χ3v) is 6.13. The summed E-state index contributed by atoms with van der Waals surface area (Å²) >= 11 is 12.8. The Morgan fingerprint density at radius 3 is 2.73 bits per heavy atom. The fourth-order valence-electron chi connectivity index (χ4n) is 4.00. The van der Waals surface area contributed by atoms with Crippen molar-refractivity contribution in [2.24, 2.45) is 17.0 Å². The van der Waals surface area contributed by atoms with E-state index in [-0.39, 0.29) is 6.79 Å². The van der Waals surface area contributed by atoms with Gasteiger partial charge in [-0.2, -0.15) is 0 Å². The first kappa shape index (κ1) is 14.3. The molecule has 0 N–H and O–H groups in total. The second-order valence-corrected chi connectivity index (χ2v) is 7.54. The molecule has 1 aliphatic heterocycles. The predicted molar refractivity (Wildman–Crippen MR) is 83.7 cm³/mol. The van der Waals surface area contributed by atoms with Crippen molar-refractivity contribution in [1.82, 2.24) is 0 Å².